The molecule has 29 heavy (non-hydrogen) atoms. The van der Waals surface area contributed by atoms with Crippen molar-refractivity contribution in [2.45, 2.75) is 0 Å². The predicted octanol–water partition coefficient (Wildman–Crippen LogP) is 4.22. The molecule has 0 unspecified atom stereocenters. The van der Waals surface area contributed by atoms with Crippen molar-refractivity contribution in [3.63, 3.8) is 0 Å². The number of amides is 3. The van der Waals surface area contributed by atoms with Crippen LogP contribution in [0, 0.1) is 0 Å². The van der Waals surface area contributed by atoms with Gasteiger partial charge in [-0.1, -0.05) is 35.3 Å². The third kappa shape index (κ3) is 6.00. The first kappa shape index (κ1) is 21.2. The van der Waals surface area contributed by atoms with Crippen LogP contribution in [0.15, 0.2) is 53.4 Å². The van der Waals surface area contributed by atoms with Crippen molar-refractivity contribution < 1.29 is 19.1 Å². The number of halogens is 2. The van der Waals surface area contributed by atoms with Crippen molar-refractivity contribution in [2.24, 2.45) is 0 Å². The number of nitrogens with one attached hydrogen (secondary N) is 1. The van der Waals surface area contributed by atoms with Crippen LogP contribution in [0.2, 0.25) is 10.0 Å². The summed E-state index contributed by atoms with van der Waals surface area (Å²) in [6, 6.07) is 13.6. The molecule has 1 heterocycles. The van der Waals surface area contributed by atoms with Crippen LogP contribution in [-0.2, 0) is 9.59 Å². The quantitative estimate of drug-likeness (QED) is 0.638. The Morgan fingerprint density at radius 1 is 1.03 bits per heavy atom. The van der Waals surface area contributed by atoms with Crippen LogP contribution in [0.25, 0.3) is 6.08 Å². The second kappa shape index (κ2) is 9.82. The Hall–Kier alpha value is -2.48. The van der Waals surface area contributed by atoms with Crippen molar-refractivity contribution in [2.75, 3.05) is 19.7 Å². The fourth-order valence-electron chi connectivity index (χ4n) is 2.44. The lowest BCUT2D eigenvalue weighted by Gasteiger charge is -2.13. The van der Waals surface area contributed by atoms with Crippen LogP contribution in [0.4, 0.5) is 4.79 Å². The average molecular weight is 451 g/mol. The van der Waals surface area contributed by atoms with Gasteiger partial charge in [0.05, 0.1) is 4.91 Å². The monoisotopic (exact) mass is 450 g/mol. The molecule has 0 saturated carbocycles. The highest BCUT2D eigenvalue weighted by Gasteiger charge is 2.34. The smallest absolute Gasteiger partial charge is 0.293 e. The molecule has 9 heteroatoms. The molecule has 1 aliphatic heterocycles. The molecule has 0 atom stereocenters. The summed E-state index contributed by atoms with van der Waals surface area (Å²) in [5, 5.41) is 3.41. The molecule has 1 N–H and O–H groups in total. The number of rotatable bonds is 7. The van der Waals surface area contributed by atoms with E-state index in [-0.39, 0.29) is 36.7 Å². The zero-order valence-corrected chi connectivity index (χ0v) is 17.4. The highest BCUT2D eigenvalue weighted by Crippen LogP contribution is 2.32. The Labute approximate surface area is 181 Å². The van der Waals surface area contributed by atoms with E-state index in [1.807, 2.05) is 0 Å². The molecule has 0 aliphatic carbocycles. The van der Waals surface area contributed by atoms with E-state index in [0.29, 0.717) is 20.7 Å². The SMILES string of the molecule is O=C(COc1ccc(Cl)cc1)NCCN1C(=O)S/C(=C/c2ccc(Cl)cc2)C1=O. The first-order valence-electron chi connectivity index (χ1n) is 8.58. The van der Waals surface area contributed by atoms with Crippen LogP contribution >= 0.6 is 35.0 Å². The number of hydrogen-bond acceptors (Lipinski definition) is 5. The topological polar surface area (TPSA) is 75.7 Å². The molecule has 0 spiro atoms. The van der Waals surface area contributed by atoms with E-state index in [1.165, 1.54) is 0 Å². The molecule has 0 aromatic heterocycles. The van der Waals surface area contributed by atoms with Crippen molar-refractivity contribution in [3.05, 3.63) is 69.0 Å². The van der Waals surface area contributed by atoms with Gasteiger partial charge in [0.25, 0.3) is 17.1 Å². The van der Waals surface area contributed by atoms with Gasteiger partial charge < -0.3 is 10.1 Å². The molecule has 3 amide bonds. The van der Waals surface area contributed by atoms with E-state index in [4.69, 9.17) is 27.9 Å². The number of carbonyl (C=O) groups is 3. The maximum atomic E-state index is 12.4. The minimum Gasteiger partial charge on any atom is -0.484 e. The number of ether oxygens (including phenoxy) is 1. The molecule has 2 aromatic rings. The molecular weight excluding hydrogens is 435 g/mol. The Balaban J connectivity index is 1.47. The minimum absolute atomic E-state index is 0.0787. The van der Waals surface area contributed by atoms with Gasteiger partial charge >= 0.3 is 0 Å². The number of thioether (sulfide) groups is 1. The van der Waals surface area contributed by atoms with Gasteiger partial charge in [0.2, 0.25) is 0 Å². The summed E-state index contributed by atoms with van der Waals surface area (Å²) in [4.78, 5) is 37.9. The lowest BCUT2D eigenvalue weighted by molar-refractivity contribution is -0.125. The van der Waals surface area contributed by atoms with Gasteiger partial charge in [0.1, 0.15) is 5.75 Å². The molecule has 1 fully saturated rings. The minimum atomic E-state index is -0.387. The molecule has 150 valence electrons. The molecule has 3 rings (SSSR count). The summed E-state index contributed by atoms with van der Waals surface area (Å²) >= 11 is 12.5. The zero-order valence-electron chi connectivity index (χ0n) is 15.1. The van der Waals surface area contributed by atoms with Crippen molar-refractivity contribution in [3.8, 4) is 5.75 Å². The summed E-state index contributed by atoms with van der Waals surface area (Å²) in [6.07, 6.45) is 1.64. The zero-order chi connectivity index (χ0) is 20.8. The van der Waals surface area contributed by atoms with Crippen LogP contribution in [-0.4, -0.2) is 41.6 Å². The van der Waals surface area contributed by atoms with Gasteiger partial charge in [-0.2, -0.15) is 0 Å². The summed E-state index contributed by atoms with van der Waals surface area (Å²) in [7, 11) is 0. The second-order valence-electron chi connectivity index (χ2n) is 5.98. The summed E-state index contributed by atoms with van der Waals surface area (Å²) < 4.78 is 5.34. The standard InChI is InChI=1S/C20H16Cl2N2O4S/c21-14-3-1-13(2-4-14)11-17-19(26)24(20(27)29-17)10-9-23-18(25)12-28-16-7-5-15(22)6-8-16/h1-8,11H,9-10,12H2,(H,23,25)/b17-11+. The molecular formula is C20H16Cl2N2O4S. The van der Waals surface area contributed by atoms with E-state index in [2.05, 4.69) is 5.32 Å². The number of benzene rings is 2. The van der Waals surface area contributed by atoms with Crippen LogP contribution in [0.1, 0.15) is 5.56 Å². The largest absolute Gasteiger partial charge is 0.484 e. The number of carbonyl (C=O) groups excluding carboxylic acids is 3. The lowest BCUT2D eigenvalue weighted by Crippen LogP contribution is -2.38. The number of imide groups is 1. The summed E-state index contributed by atoms with van der Waals surface area (Å²) in [6.45, 7) is 0.0321. The van der Waals surface area contributed by atoms with Crippen LogP contribution < -0.4 is 10.1 Å². The first-order chi connectivity index (χ1) is 13.9. The van der Waals surface area contributed by atoms with Gasteiger partial charge in [-0.3, -0.25) is 19.3 Å². The third-order valence-electron chi connectivity index (χ3n) is 3.88. The Morgan fingerprint density at radius 3 is 2.31 bits per heavy atom. The number of nitrogens with zero attached hydrogens (tertiary/aromatic N) is 1. The Morgan fingerprint density at radius 2 is 1.66 bits per heavy atom. The first-order valence-corrected chi connectivity index (χ1v) is 10.2. The molecule has 2 aromatic carbocycles. The summed E-state index contributed by atoms with van der Waals surface area (Å²) in [5.74, 6) is -0.229. The van der Waals surface area contributed by atoms with Crippen molar-refractivity contribution in [1.82, 2.24) is 10.2 Å². The fraction of sp³-hybridized carbons (Fsp3) is 0.150. The molecule has 1 saturated heterocycles. The highest BCUT2D eigenvalue weighted by atomic mass is 35.5. The predicted molar refractivity (Wildman–Crippen MR) is 114 cm³/mol. The van der Waals surface area contributed by atoms with Gasteiger partial charge in [-0.05, 0) is 59.8 Å². The maximum Gasteiger partial charge on any atom is 0.293 e. The molecule has 0 radical (unpaired) electrons. The molecule has 0 bridgehead atoms. The normalized spacial score (nSPS) is 15.1. The van der Waals surface area contributed by atoms with Crippen molar-refractivity contribution >= 4 is 58.1 Å². The van der Waals surface area contributed by atoms with Gasteiger partial charge in [0.15, 0.2) is 6.61 Å². The Kier molecular flexibility index (Phi) is 7.19. The number of hydrogen-bond donors (Lipinski definition) is 1. The fourth-order valence-corrected chi connectivity index (χ4v) is 3.56. The third-order valence-corrected chi connectivity index (χ3v) is 5.29. The van der Waals surface area contributed by atoms with Crippen molar-refractivity contribution in [1.29, 1.82) is 0 Å². The van der Waals surface area contributed by atoms with Crippen LogP contribution in [0.5, 0.6) is 5.75 Å². The van der Waals surface area contributed by atoms with Crippen LogP contribution in [0.3, 0.4) is 0 Å². The van der Waals surface area contributed by atoms with E-state index in [9.17, 15) is 14.4 Å². The van der Waals surface area contributed by atoms with Gasteiger partial charge in [-0.25, -0.2) is 0 Å². The van der Waals surface area contributed by atoms with Gasteiger partial charge in [0, 0.05) is 23.1 Å². The molecule has 6 nitrogen and oxygen atoms in total. The maximum absolute atomic E-state index is 12.4. The average Bonchev–Trinajstić information content (AvgIpc) is 2.96. The van der Waals surface area contributed by atoms with E-state index < -0.39 is 0 Å². The second-order valence-corrected chi connectivity index (χ2v) is 7.84. The lowest BCUT2D eigenvalue weighted by atomic mass is 10.2. The van der Waals surface area contributed by atoms with E-state index >= 15 is 0 Å². The summed E-state index contributed by atoms with van der Waals surface area (Å²) in [5.41, 5.74) is 0.771. The molecule has 1 aliphatic rings. The van der Waals surface area contributed by atoms with Gasteiger partial charge in [-0.15, -0.1) is 0 Å². The van der Waals surface area contributed by atoms with E-state index in [0.717, 1.165) is 22.2 Å². The highest BCUT2D eigenvalue weighted by molar-refractivity contribution is 8.18. The Bertz CT molecular complexity index is 946. The van der Waals surface area contributed by atoms with E-state index in [1.54, 1.807) is 54.6 Å².